The predicted octanol–water partition coefficient (Wildman–Crippen LogP) is 6.82. The Kier molecular flexibility index (Phi) is 5.54. The Labute approximate surface area is 193 Å². The SMILES string of the molecule is COC(=O)c1ccc(Oc2ccccc2)c2c1C=CC(c1ccccc1)(c1ccccc1)C2. The Morgan fingerprint density at radius 2 is 1.33 bits per heavy atom. The van der Waals surface area contributed by atoms with Crippen molar-refractivity contribution in [3.8, 4) is 11.5 Å². The van der Waals surface area contributed by atoms with Crippen molar-refractivity contribution in [1.82, 2.24) is 0 Å². The molecule has 0 N–H and O–H groups in total. The second-order valence-electron chi connectivity index (χ2n) is 8.12. The Bertz CT molecular complexity index is 1250. The van der Waals surface area contributed by atoms with Crippen molar-refractivity contribution < 1.29 is 14.3 Å². The number of rotatable bonds is 5. The molecule has 3 heteroatoms. The van der Waals surface area contributed by atoms with Crippen LogP contribution in [0.25, 0.3) is 6.08 Å². The van der Waals surface area contributed by atoms with Crippen LogP contribution < -0.4 is 4.74 Å². The van der Waals surface area contributed by atoms with Crippen LogP contribution in [-0.2, 0) is 16.6 Å². The molecule has 4 aromatic carbocycles. The maximum absolute atomic E-state index is 12.6. The molecule has 3 nitrogen and oxygen atoms in total. The fraction of sp³-hybridized carbons (Fsp3) is 0.100. The number of allylic oxidation sites excluding steroid dienone is 1. The van der Waals surface area contributed by atoms with Gasteiger partial charge in [-0.2, -0.15) is 0 Å². The van der Waals surface area contributed by atoms with Crippen molar-refractivity contribution in [1.29, 1.82) is 0 Å². The third-order valence-electron chi connectivity index (χ3n) is 6.26. The first-order valence-corrected chi connectivity index (χ1v) is 11.0. The van der Waals surface area contributed by atoms with E-state index in [9.17, 15) is 4.79 Å². The molecule has 0 amide bonds. The average Bonchev–Trinajstić information content (AvgIpc) is 2.90. The minimum Gasteiger partial charge on any atom is -0.465 e. The molecule has 5 rings (SSSR count). The third-order valence-corrected chi connectivity index (χ3v) is 6.26. The number of benzene rings is 4. The van der Waals surface area contributed by atoms with Gasteiger partial charge in [-0.3, -0.25) is 0 Å². The van der Waals surface area contributed by atoms with Crippen molar-refractivity contribution in [2.75, 3.05) is 7.11 Å². The largest absolute Gasteiger partial charge is 0.465 e. The molecule has 4 aromatic rings. The Balaban J connectivity index is 1.71. The van der Waals surface area contributed by atoms with Gasteiger partial charge in [0.15, 0.2) is 0 Å². The van der Waals surface area contributed by atoms with E-state index in [1.165, 1.54) is 18.2 Å². The molecule has 1 aliphatic carbocycles. The smallest absolute Gasteiger partial charge is 0.338 e. The van der Waals surface area contributed by atoms with Gasteiger partial charge in [-0.25, -0.2) is 4.79 Å². The zero-order valence-electron chi connectivity index (χ0n) is 18.4. The molecule has 0 radical (unpaired) electrons. The van der Waals surface area contributed by atoms with Gasteiger partial charge in [0.05, 0.1) is 12.7 Å². The molecule has 162 valence electrons. The van der Waals surface area contributed by atoms with Crippen LogP contribution in [0.2, 0.25) is 0 Å². The van der Waals surface area contributed by atoms with Gasteiger partial charge in [-0.05, 0) is 47.4 Å². The summed E-state index contributed by atoms with van der Waals surface area (Å²) in [5.41, 5.74) is 4.35. The van der Waals surface area contributed by atoms with Crippen LogP contribution in [0.15, 0.2) is 109 Å². The number of ether oxygens (including phenoxy) is 2. The molecule has 33 heavy (non-hydrogen) atoms. The van der Waals surface area contributed by atoms with Gasteiger partial charge >= 0.3 is 5.97 Å². The lowest BCUT2D eigenvalue weighted by molar-refractivity contribution is 0.0600. The summed E-state index contributed by atoms with van der Waals surface area (Å²) in [6.45, 7) is 0. The molecule has 0 aliphatic heterocycles. The first kappa shape index (κ1) is 20.8. The number of hydrogen-bond donors (Lipinski definition) is 0. The molecule has 0 atom stereocenters. The molecule has 0 aromatic heterocycles. The van der Waals surface area contributed by atoms with E-state index in [0.29, 0.717) is 12.0 Å². The maximum Gasteiger partial charge on any atom is 0.338 e. The monoisotopic (exact) mass is 432 g/mol. The van der Waals surface area contributed by atoms with E-state index >= 15 is 0 Å². The maximum atomic E-state index is 12.6. The quantitative estimate of drug-likeness (QED) is 0.325. The van der Waals surface area contributed by atoms with E-state index in [-0.39, 0.29) is 11.4 Å². The summed E-state index contributed by atoms with van der Waals surface area (Å²) in [6.07, 6.45) is 4.90. The summed E-state index contributed by atoms with van der Waals surface area (Å²) < 4.78 is 11.4. The standard InChI is InChI=1S/C30H24O3/c1-32-29(31)26-17-18-28(33-24-15-9-4-10-16-24)27-21-30(20-19-25(26)27,22-11-5-2-6-12-22)23-13-7-3-8-14-23/h2-20H,21H2,1H3. The second-order valence-corrected chi connectivity index (χ2v) is 8.12. The first-order chi connectivity index (χ1) is 16.2. The molecule has 0 saturated carbocycles. The van der Waals surface area contributed by atoms with E-state index in [4.69, 9.17) is 9.47 Å². The predicted molar refractivity (Wildman–Crippen MR) is 131 cm³/mol. The number of fused-ring (bicyclic) bond motifs is 1. The van der Waals surface area contributed by atoms with Gasteiger partial charge in [0.1, 0.15) is 11.5 Å². The molecule has 0 fully saturated rings. The number of carbonyl (C=O) groups is 1. The second kappa shape index (κ2) is 8.79. The van der Waals surface area contributed by atoms with Crippen molar-refractivity contribution in [2.45, 2.75) is 11.8 Å². The number of methoxy groups -OCH3 is 1. The van der Waals surface area contributed by atoms with Gasteiger partial charge in [-0.1, -0.05) is 91.0 Å². The highest BCUT2D eigenvalue weighted by Gasteiger charge is 2.37. The van der Waals surface area contributed by atoms with Gasteiger partial charge in [0, 0.05) is 11.0 Å². The number of carbonyl (C=O) groups excluding carboxylic acids is 1. The molecule has 0 spiro atoms. The van der Waals surface area contributed by atoms with Gasteiger partial charge in [-0.15, -0.1) is 0 Å². The van der Waals surface area contributed by atoms with Crippen LogP contribution in [0.4, 0.5) is 0 Å². The van der Waals surface area contributed by atoms with Crippen LogP contribution >= 0.6 is 0 Å². The van der Waals surface area contributed by atoms with Crippen molar-refractivity contribution in [3.63, 3.8) is 0 Å². The third kappa shape index (κ3) is 3.83. The Morgan fingerprint density at radius 3 is 1.91 bits per heavy atom. The Morgan fingerprint density at radius 1 is 0.758 bits per heavy atom. The van der Waals surface area contributed by atoms with E-state index < -0.39 is 0 Å². The zero-order valence-corrected chi connectivity index (χ0v) is 18.4. The number of para-hydroxylation sites is 1. The summed E-state index contributed by atoms with van der Waals surface area (Å²) in [6, 6.07) is 34.3. The Hall–Kier alpha value is -4.11. The molecule has 1 aliphatic rings. The van der Waals surface area contributed by atoms with Gasteiger partial charge in [0.25, 0.3) is 0 Å². The van der Waals surface area contributed by atoms with Crippen LogP contribution in [0.5, 0.6) is 11.5 Å². The lowest BCUT2D eigenvalue weighted by Crippen LogP contribution is -2.31. The van der Waals surface area contributed by atoms with Gasteiger partial charge in [0.2, 0.25) is 0 Å². The highest BCUT2D eigenvalue weighted by Crippen LogP contribution is 2.45. The van der Waals surface area contributed by atoms with E-state index in [2.05, 4.69) is 54.6 Å². The summed E-state index contributed by atoms with van der Waals surface area (Å²) in [5, 5.41) is 0. The summed E-state index contributed by atoms with van der Waals surface area (Å²) >= 11 is 0. The highest BCUT2D eigenvalue weighted by atomic mass is 16.5. The molecule has 0 saturated heterocycles. The van der Waals surface area contributed by atoms with Crippen molar-refractivity contribution >= 4 is 12.0 Å². The number of esters is 1. The van der Waals surface area contributed by atoms with E-state index in [1.807, 2.05) is 54.6 Å². The zero-order chi connectivity index (χ0) is 22.7. The fourth-order valence-electron chi connectivity index (χ4n) is 4.61. The molecular formula is C30H24O3. The van der Waals surface area contributed by atoms with Gasteiger partial charge < -0.3 is 9.47 Å². The summed E-state index contributed by atoms with van der Waals surface area (Å²) in [7, 11) is 1.41. The van der Waals surface area contributed by atoms with E-state index in [1.54, 1.807) is 6.07 Å². The van der Waals surface area contributed by atoms with Crippen LogP contribution in [-0.4, -0.2) is 13.1 Å². The number of hydrogen-bond acceptors (Lipinski definition) is 3. The molecule has 0 unspecified atom stereocenters. The molecule has 0 heterocycles. The lowest BCUT2D eigenvalue weighted by Gasteiger charge is -2.36. The van der Waals surface area contributed by atoms with Crippen molar-refractivity contribution in [2.24, 2.45) is 0 Å². The lowest BCUT2D eigenvalue weighted by atomic mass is 9.67. The highest BCUT2D eigenvalue weighted by molar-refractivity contribution is 5.95. The summed E-state index contributed by atoms with van der Waals surface area (Å²) in [5.74, 6) is 1.14. The van der Waals surface area contributed by atoms with E-state index in [0.717, 1.165) is 22.6 Å². The molecule has 0 bridgehead atoms. The van der Waals surface area contributed by atoms with Crippen LogP contribution in [0.1, 0.15) is 32.6 Å². The van der Waals surface area contributed by atoms with Crippen molar-refractivity contribution in [3.05, 3.63) is 137 Å². The topological polar surface area (TPSA) is 35.5 Å². The minimum absolute atomic E-state index is 0.353. The summed E-state index contributed by atoms with van der Waals surface area (Å²) in [4.78, 5) is 12.6. The fourth-order valence-corrected chi connectivity index (χ4v) is 4.61. The van der Waals surface area contributed by atoms with Crippen LogP contribution in [0, 0.1) is 0 Å². The molecular weight excluding hydrogens is 408 g/mol. The average molecular weight is 433 g/mol. The first-order valence-electron chi connectivity index (χ1n) is 11.0. The normalized spacial score (nSPS) is 13.7. The minimum atomic E-state index is -0.390. The van der Waals surface area contributed by atoms with Crippen LogP contribution in [0.3, 0.4) is 0 Å².